The second-order valence-corrected chi connectivity index (χ2v) is 5.82. The molecule has 0 bridgehead atoms. The quantitative estimate of drug-likeness (QED) is 0.602. The van der Waals surface area contributed by atoms with Gasteiger partial charge in [0.25, 0.3) is 5.69 Å². The third kappa shape index (κ3) is 2.20. The van der Waals surface area contributed by atoms with E-state index in [1.54, 1.807) is 6.07 Å². The van der Waals surface area contributed by atoms with Gasteiger partial charge in [0.2, 0.25) is 0 Å². The highest BCUT2D eigenvalue weighted by Gasteiger charge is 2.35. The van der Waals surface area contributed by atoms with Crippen LogP contribution in [0.15, 0.2) is 18.2 Å². The first-order valence-corrected chi connectivity index (χ1v) is 7.18. The molecule has 4 nitrogen and oxygen atoms in total. The average Bonchev–Trinajstić information content (AvgIpc) is 2.82. The maximum atomic E-state index is 10.9. The summed E-state index contributed by atoms with van der Waals surface area (Å²) in [5.41, 5.74) is 2.16. The fourth-order valence-corrected chi connectivity index (χ4v) is 3.75. The van der Waals surface area contributed by atoms with Crippen LogP contribution >= 0.6 is 0 Å². The SMILES string of the molecule is Cc1cc(N2CCC3CCCCC32)ccc1[N+](=O)[O-]. The normalized spacial score (nSPS) is 26.3. The van der Waals surface area contributed by atoms with Crippen molar-refractivity contribution < 1.29 is 4.92 Å². The summed E-state index contributed by atoms with van der Waals surface area (Å²) in [6, 6.07) is 6.22. The Bertz CT molecular complexity index is 501. The number of nitrogens with zero attached hydrogens (tertiary/aromatic N) is 2. The first kappa shape index (κ1) is 12.5. The first-order chi connectivity index (χ1) is 9.16. The van der Waals surface area contributed by atoms with E-state index in [2.05, 4.69) is 4.90 Å². The van der Waals surface area contributed by atoms with Gasteiger partial charge in [0.05, 0.1) is 4.92 Å². The van der Waals surface area contributed by atoms with Crippen LogP contribution in [0.3, 0.4) is 0 Å². The van der Waals surface area contributed by atoms with E-state index in [-0.39, 0.29) is 10.6 Å². The van der Waals surface area contributed by atoms with E-state index >= 15 is 0 Å². The molecule has 3 rings (SSSR count). The van der Waals surface area contributed by atoms with Gasteiger partial charge in [-0.15, -0.1) is 0 Å². The van der Waals surface area contributed by atoms with Crippen LogP contribution in [-0.4, -0.2) is 17.5 Å². The molecule has 1 heterocycles. The Kier molecular flexibility index (Phi) is 3.17. The third-order valence-electron chi connectivity index (χ3n) is 4.72. The van der Waals surface area contributed by atoms with Gasteiger partial charge in [0, 0.05) is 29.9 Å². The molecule has 19 heavy (non-hydrogen) atoms. The molecule has 0 N–H and O–H groups in total. The fraction of sp³-hybridized carbons (Fsp3) is 0.600. The predicted octanol–water partition coefficient (Wildman–Crippen LogP) is 3.67. The summed E-state index contributed by atoms with van der Waals surface area (Å²) in [5, 5.41) is 10.9. The fourth-order valence-electron chi connectivity index (χ4n) is 3.75. The molecule has 2 unspecified atom stereocenters. The van der Waals surface area contributed by atoms with Crippen LogP contribution in [0.4, 0.5) is 11.4 Å². The Hall–Kier alpha value is -1.58. The van der Waals surface area contributed by atoms with Gasteiger partial charge >= 0.3 is 0 Å². The molecule has 2 aliphatic rings. The number of aryl methyl sites for hydroxylation is 1. The van der Waals surface area contributed by atoms with Crippen molar-refractivity contribution in [3.63, 3.8) is 0 Å². The minimum absolute atomic E-state index is 0.225. The standard InChI is InChI=1S/C15H20N2O2/c1-11-10-13(6-7-14(11)17(18)19)16-9-8-12-4-2-3-5-15(12)16/h6-7,10,12,15H,2-5,8-9H2,1H3. The number of hydrogen-bond acceptors (Lipinski definition) is 3. The second-order valence-electron chi connectivity index (χ2n) is 5.82. The molecule has 1 aliphatic carbocycles. The summed E-state index contributed by atoms with van der Waals surface area (Å²) in [5.74, 6) is 0.837. The summed E-state index contributed by atoms with van der Waals surface area (Å²) in [7, 11) is 0. The number of anilines is 1. The summed E-state index contributed by atoms with van der Waals surface area (Å²) in [6.45, 7) is 2.93. The summed E-state index contributed by atoms with van der Waals surface area (Å²) >= 11 is 0. The highest BCUT2D eigenvalue weighted by Crippen LogP contribution is 2.39. The lowest BCUT2D eigenvalue weighted by molar-refractivity contribution is -0.385. The highest BCUT2D eigenvalue weighted by molar-refractivity contribution is 5.56. The summed E-state index contributed by atoms with van der Waals surface area (Å²) in [4.78, 5) is 13.0. The Balaban J connectivity index is 1.86. The van der Waals surface area contributed by atoms with E-state index in [4.69, 9.17) is 0 Å². The largest absolute Gasteiger partial charge is 0.368 e. The van der Waals surface area contributed by atoms with E-state index in [0.29, 0.717) is 6.04 Å². The van der Waals surface area contributed by atoms with Crippen molar-refractivity contribution in [3.05, 3.63) is 33.9 Å². The van der Waals surface area contributed by atoms with Crippen molar-refractivity contribution in [1.82, 2.24) is 0 Å². The predicted molar refractivity (Wildman–Crippen MR) is 75.5 cm³/mol. The summed E-state index contributed by atoms with van der Waals surface area (Å²) < 4.78 is 0. The molecule has 0 radical (unpaired) electrons. The van der Waals surface area contributed by atoms with Crippen LogP contribution in [0.1, 0.15) is 37.7 Å². The smallest absolute Gasteiger partial charge is 0.272 e. The molecule has 102 valence electrons. The van der Waals surface area contributed by atoms with Crippen molar-refractivity contribution >= 4 is 11.4 Å². The minimum Gasteiger partial charge on any atom is -0.368 e. The van der Waals surface area contributed by atoms with Crippen LogP contribution in [0.5, 0.6) is 0 Å². The monoisotopic (exact) mass is 260 g/mol. The minimum atomic E-state index is -0.299. The van der Waals surface area contributed by atoms with Crippen molar-refractivity contribution in [2.75, 3.05) is 11.4 Å². The number of nitro groups is 1. The number of hydrogen-bond donors (Lipinski definition) is 0. The Morgan fingerprint density at radius 1 is 1.26 bits per heavy atom. The molecule has 1 saturated carbocycles. The number of fused-ring (bicyclic) bond motifs is 1. The molecule has 4 heteroatoms. The van der Waals surface area contributed by atoms with Crippen molar-refractivity contribution in [1.29, 1.82) is 0 Å². The maximum Gasteiger partial charge on any atom is 0.272 e. The number of benzene rings is 1. The van der Waals surface area contributed by atoms with Crippen molar-refractivity contribution in [2.45, 2.75) is 45.1 Å². The van der Waals surface area contributed by atoms with Crippen molar-refractivity contribution in [3.8, 4) is 0 Å². The highest BCUT2D eigenvalue weighted by atomic mass is 16.6. The van der Waals surface area contributed by atoms with Gasteiger partial charge in [-0.2, -0.15) is 0 Å². The maximum absolute atomic E-state index is 10.9. The lowest BCUT2D eigenvalue weighted by Gasteiger charge is -2.33. The van der Waals surface area contributed by atoms with Crippen LogP contribution in [-0.2, 0) is 0 Å². The van der Waals surface area contributed by atoms with E-state index in [1.165, 1.54) is 32.1 Å². The van der Waals surface area contributed by atoms with Crippen LogP contribution in [0.25, 0.3) is 0 Å². The van der Waals surface area contributed by atoms with Crippen LogP contribution in [0.2, 0.25) is 0 Å². The number of nitro benzene ring substituents is 1. The van der Waals surface area contributed by atoms with Gasteiger partial charge < -0.3 is 4.90 Å². The molecule has 2 atom stereocenters. The van der Waals surface area contributed by atoms with Crippen molar-refractivity contribution in [2.24, 2.45) is 5.92 Å². The molecular formula is C15H20N2O2. The van der Waals surface area contributed by atoms with Crippen LogP contribution in [0, 0.1) is 23.0 Å². The van der Waals surface area contributed by atoms with E-state index in [0.717, 1.165) is 23.7 Å². The third-order valence-corrected chi connectivity index (χ3v) is 4.72. The Morgan fingerprint density at radius 3 is 2.79 bits per heavy atom. The molecule has 1 aromatic carbocycles. The van der Waals surface area contributed by atoms with Gasteiger partial charge in [-0.05, 0) is 44.2 Å². The molecule has 0 amide bonds. The zero-order chi connectivity index (χ0) is 13.4. The number of rotatable bonds is 2. The summed E-state index contributed by atoms with van der Waals surface area (Å²) in [6.07, 6.45) is 6.60. The zero-order valence-electron chi connectivity index (χ0n) is 11.3. The molecule has 1 aliphatic heterocycles. The van der Waals surface area contributed by atoms with Gasteiger partial charge in [-0.3, -0.25) is 10.1 Å². The van der Waals surface area contributed by atoms with Gasteiger partial charge in [-0.1, -0.05) is 12.8 Å². The molecule has 1 saturated heterocycles. The zero-order valence-corrected chi connectivity index (χ0v) is 11.3. The molecule has 2 fully saturated rings. The molecule has 1 aromatic rings. The molecule has 0 aromatic heterocycles. The molecule has 0 spiro atoms. The topological polar surface area (TPSA) is 46.4 Å². The van der Waals surface area contributed by atoms with E-state index in [1.807, 2.05) is 19.1 Å². The Labute approximate surface area is 113 Å². The lowest BCUT2D eigenvalue weighted by Crippen LogP contribution is -2.34. The average molecular weight is 260 g/mol. The van der Waals surface area contributed by atoms with E-state index in [9.17, 15) is 10.1 Å². The first-order valence-electron chi connectivity index (χ1n) is 7.18. The molecular weight excluding hydrogens is 240 g/mol. The van der Waals surface area contributed by atoms with Gasteiger partial charge in [-0.25, -0.2) is 0 Å². The lowest BCUT2D eigenvalue weighted by atomic mass is 9.85. The van der Waals surface area contributed by atoms with E-state index < -0.39 is 0 Å². The second kappa shape index (κ2) is 4.83. The Morgan fingerprint density at radius 2 is 2.05 bits per heavy atom. The van der Waals surface area contributed by atoms with Gasteiger partial charge in [0.15, 0.2) is 0 Å². The van der Waals surface area contributed by atoms with Crippen LogP contribution < -0.4 is 4.90 Å². The van der Waals surface area contributed by atoms with Gasteiger partial charge in [0.1, 0.15) is 0 Å².